The zero-order chi connectivity index (χ0) is 23.0. The van der Waals surface area contributed by atoms with Crippen molar-refractivity contribution in [1.82, 2.24) is 24.3 Å². The van der Waals surface area contributed by atoms with Crippen molar-refractivity contribution in [3.63, 3.8) is 0 Å². The number of likely N-dealkylation sites (N-methyl/N-ethyl adjacent to an activating group) is 1. The summed E-state index contributed by atoms with van der Waals surface area (Å²) in [5, 5.41) is 9.40. The summed E-state index contributed by atoms with van der Waals surface area (Å²) in [5.74, 6) is -0.949. The molecule has 11 heteroatoms. The minimum atomic E-state index is -3.65. The second-order valence-corrected chi connectivity index (χ2v) is 9.22. The third kappa shape index (κ3) is 6.88. The van der Waals surface area contributed by atoms with Crippen molar-refractivity contribution >= 4 is 27.5 Å². The number of hydrogen-bond acceptors (Lipinski definition) is 6. The number of anilines is 1. The van der Waals surface area contributed by atoms with Crippen LogP contribution >= 0.6 is 0 Å². The highest BCUT2D eigenvalue weighted by Gasteiger charge is 2.19. The van der Waals surface area contributed by atoms with E-state index >= 15 is 0 Å². The predicted octanol–water partition coefficient (Wildman–Crippen LogP) is 0.844. The van der Waals surface area contributed by atoms with Crippen molar-refractivity contribution in [2.24, 2.45) is 0 Å². The molecule has 10 nitrogen and oxygen atoms in total. The van der Waals surface area contributed by atoms with E-state index in [1.165, 1.54) is 38.4 Å². The smallest absolute Gasteiger partial charge is 0.251 e. The van der Waals surface area contributed by atoms with Gasteiger partial charge in [-0.25, -0.2) is 12.7 Å². The Morgan fingerprint density at radius 1 is 1.16 bits per heavy atom. The van der Waals surface area contributed by atoms with Crippen molar-refractivity contribution in [2.45, 2.75) is 25.3 Å². The number of nitrogens with zero attached hydrogens (tertiary/aromatic N) is 4. The van der Waals surface area contributed by atoms with Gasteiger partial charge in [0.2, 0.25) is 15.9 Å². The number of sulfonamides is 1. The predicted molar refractivity (Wildman–Crippen MR) is 118 cm³/mol. The quantitative estimate of drug-likeness (QED) is 0.524. The van der Waals surface area contributed by atoms with E-state index in [4.69, 9.17) is 0 Å². The fourth-order valence-electron chi connectivity index (χ4n) is 2.81. The first-order valence-corrected chi connectivity index (χ1v) is 11.5. The van der Waals surface area contributed by atoms with Gasteiger partial charge in [0, 0.05) is 32.4 Å². The van der Waals surface area contributed by atoms with E-state index in [9.17, 15) is 18.0 Å². The molecule has 170 valence electrons. The lowest BCUT2D eigenvalue weighted by Crippen LogP contribution is -2.33. The normalized spacial score (nSPS) is 11.7. The molecule has 2 N–H and O–H groups in total. The SMILES string of the molecule is CCN(CC)CCn1cc(NC(=O)CNC(=O)c2cccc(S(=O)(=O)N(C)C)c2)cn1. The minimum absolute atomic E-state index is 0.00623. The first kappa shape index (κ1) is 24.5. The molecule has 1 aromatic carbocycles. The molecule has 2 aromatic rings. The Kier molecular flexibility index (Phi) is 8.72. The maximum atomic E-state index is 12.3. The van der Waals surface area contributed by atoms with Crippen molar-refractivity contribution < 1.29 is 18.0 Å². The Labute approximate surface area is 183 Å². The Hall–Kier alpha value is -2.76. The lowest BCUT2D eigenvalue weighted by atomic mass is 10.2. The highest BCUT2D eigenvalue weighted by Crippen LogP contribution is 2.14. The highest BCUT2D eigenvalue weighted by molar-refractivity contribution is 7.89. The first-order chi connectivity index (χ1) is 14.7. The van der Waals surface area contributed by atoms with Crippen LogP contribution in [-0.2, 0) is 21.4 Å². The van der Waals surface area contributed by atoms with Gasteiger partial charge in [0.1, 0.15) is 0 Å². The number of nitrogens with one attached hydrogen (secondary N) is 2. The van der Waals surface area contributed by atoms with Gasteiger partial charge >= 0.3 is 0 Å². The highest BCUT2D eigenvalue weighted by atomic mass is 32.2. The molecule has 0 bridgehead atoms. The van der Waals surface area contributed by atoms with Gasteiger partial charge in [-0.05, 0) is 31.3 Å². The van der Waals surface area contributed by atoms with E-state index in [2.05, 4.69) is 34.5 Å². The third-order valence-electron chi connectivity index (χ3n) is 4.74. The third-order valence-corrected chi connectivity index (χ3v) is 6.55. The molecule has 2 rings (SSSR count). The molecule has 0 radical (unpaired) electrons. The first-order valence-electron chi connectivity index (χ1n) is 10.0. The van der Waals surface area contributed by atoms with E-state index < -0.39 is 21.8 Å². The monoisotopic (exact) mass is 450 g/mol. The summed E-state index contributed by atoms with van der Waals surface area (Å²) < 4.78 is 27.3. The Balaban J connectivity index is 1.89. The summed E-state index contributed by atoms with van der Waals surface area (Å²) in [5.41, 5.74) is 0.692. The van der Waals surface area contributed by atoms with Gasteiger partial charge in [0.25, 0.3) is 5.91 Å². The van der Waals surface area contributed by atoms with Crippen LogP contribution in [0, 0.1) is 0 Å². The van der Waals surface area contributed by atoms with Gasteiger partial charge in [0.15, 0.2) is 0 Å². The molecule has 2 amide bonds. The van der Waals surface area contributed by atoms with Gasteiger partial charge in [-0.2, -0.15) is 5.10 Å². The van der Waals surface area contributed by atoms with Gasteiger partial charge in [-0.15, -0.1) is 0 Å². The van der Waals surface area contributed by atoms with Crippen molar-refractivity contribution in [2.75, 3.05) is 45.6 Å². The average molecular weight is 451 g/mol. The molecule has 1 heterocycles. The molecule has 0 saturated carbocycles. The average Bonchev–Trinajstić information content (AvgIpc) is 3.19. The molecular formula is C20H30N6O4S. The number of amides is 2. The van der Waals surface area contributed by atoms with E-state index in [-0.39, 0.29) is 17.0 Å². The fraction of sp³-hybridized carbons (Fsp3) is 0.450. The van der Waals surface area contributed by atoms with Gasteiger partial charge < -0.3 is 15.5 Å². The maximum absolute atomic E-state index is 12.3. The summed E-state index contributed by atoms with van der Waals surface area (Å²) in [6.45, 7) is 7.44. The number of aromatic nitrogens is 2. The van der Waals surface area contributed by atoms with Crippen LogP contribution in [0.5, 0.6) is 0 Å². The molecule has 0 aliphatic carbocycles. The van der Waals surface area contributed by atoms with Crippen LogP contribution in [0.25, 0.3) is 0 Å². The molecule has 0 fully saturated rings. The maximum Gasteiger partial charge on any atom is 0.251 e. The molecule has 0 unspecified atom stereocenters. The fourth-order valence-corrected chi connectivity index (χ4v) is 3.76. The van der Waals surface area contributed by atoms with E-state index in [1.54, 1.807) is 17.1 Å². The van der Waals surface area contributed by atoms with Crippen LogP contribution in [0.4, 0.5) is 5.69 Å². The van der Waals surface area contributed by atoms with E-state index in [0.29, 0.717) is 12.2 Å². The molecule has 0 aliphatic rings. The van der Waals surface area contributed by atoms with Gasteiger partial charge in [0.05, 0.1) is 29.9 Å². The van der Waals surface area contributed by atoms with Gasteiger partial charge in [-0.3, -0.25) is 14.3 Å². The molecule has 31 heavy (non-hydrogen) atoms. The molecule has 0 saturated heterocycles. The summed E-state index contributed by atoms with van der Waals surface area (Å²) in [4.78, 5) is 26.8. The van der Waals surface area contributed by atoms with Crippen molar-refractivity contribution in [3.8, 4) is 0 Å². The van der Waals surface area contributed by atoms with Crippen LogP contribution in [0.15, 0.2) is 41.6 Å². The van der Waals surface area contributed by atoms with Crippen LogP contribution in [-0.4, -0.2) is 79.5 Å². The van der Waals surface area contributed by atoms with Crippen LogP contribution in [0.1, 0.15) is 24.2 Å². The number of rotatable bonds is 11. The number of hydrogen-bond donors (Lipinski definition) is 2. The lowest BCUT2D eigenvalue weighted by molar-refractivity contribution is -0.115. The molecule has 1 aromatic heterocycles. The van der Waals surface area contributed by atoms with Crippen LogP contribution in [0.2, 0.25) is 0 Å². The Morgan fingerprint density at radius 3 is 2.52 bits per heavy atom. The minimum Gasteiger partial charge on any atom is -0.343 e. The summed E-state index contributed by atoms with van der Waals surface area (Å²) in [7, 11) is -0.825. The lowest BCUT2D eigenvalue weighted by Gasteiger charge is -2.17. The topological polar surface area (TPSA) is 117 Å². The molecule has 0 spiro atoms. The van der Waals surface area contributed by atoms with E-state index in [1.807, 2.05) is 0 Å². The number of benzene rings is 1. The zero-order valence-electron chi connectivity index (χ0n) is 18.3. The van der Waals surface area contributed by atoms with Crippen molar-refractivity contribution in [3.05, 3.63) is 42.2 Å². The van der Waals surface area contributed by atoms with Crippen molar-refractivity contribution in [1.29, 1.82) is 0 Å². The summed E-state index contributed by atoms with van der Waals surface area (Å²) >= 11 is 0. The Bertz CT molecular complexity index is 999. The molecule has 0 aliphatic heterocycles. The number of carbonyl (C=O) groups excluding carboxylic acids is 2. The summed E-state index contributed by atoms with van der Waals surface area (Å²) in [6, 6.07) is 5.67. The molecule has 0 atom stereocenters. The largest absolute Gasteiger partial charge is 0.343 e. The van der Waals surface area contributed by atoms with E-state index in [0.717, 1.165) is 23.9 Å². The Morgan fingerprint density at radius 2 is 1.87 bits per heavy atom. The number of carbonyl (C=O) groups is 2. The van der Waals surface area contributed by atoms with Gasteiger partial charge in [-0.1, -0.05) is 19.9 Å². The second kappa shape index (κ2) is 11.0. The van der Waals surface area contributed by atoms with Crippen LogP contribution < -0.4 is 10.6 Å². The zero-order valence-corrected chi connectivity index (χ0v) is 19.1. The van der Waals surface area contributed by atoms with Crippen LogP contribution in [0.3, 0.4) is 0 Å². The standard InChI is InChI=1S/C20H30N6O4S/c1-5-25(6-2)10-11-26-15-17(13-22-26)23-19(27)14-21-20(28)16-8-7-9-18(12-16)31(29,30)24(3)4/h7-9,12-13,15H,5-6,10-11,14H2,1-4H3,(H,21,28)(H,23,27). The molecular weight excluding hydrogens is 420 g/mol. The summed E-state index contributed by atoms with van der Waals surface area (Å²) in [6.07, 6.45) is 3.29. The second-order valence-electron chi connectivity index (χ2n) is 7.07.